The predicted octanol–water partition coefficient (Wildman–Crippen LogP) is 2.51. The fourth-order valence-corrected chi connectivity index (χ4v) is 2.11. The third-order valence-corrected chi connectivity index (χ3v) is 3.25. The van der Waals surface area contributed by atoms with Gasteiger partial charge in [0.05, 0.1) is 18.8 Å². The van der Waals surface area contributed by atoms with Gasteiger partial charge < -0.3 is 15.8 Å². The molecule has 1 atom stereocenters. The molecule has 0 saturated heterocycles. The van der Waals surface area contributed by atoms with Crippen molar-refractivity contribution < 1.29 is 9.53 Å². The lowest BCUT2D eigenvalue weighted by Crippen LogP contribution is -2.37. The van der Waals surface area contributed by atoms with E-state index in [1.54, 1.807) is 7.11 Å². The number of hydrogen-bond acceptors (Lipinski definition) is 3. The van der Waals surface area contributed by atoms with Crippen molar-refractivity contribution in [1.29, 1.82) is 0 Å². The lowest BCUT2D eigenvalue weighted by atomic mass is 10.1. The zero-order valence-corrected chi connectivity index (χ0v) is 12.3. The molecule has 1 unspecified atom stereocenters. The van der Waals surface area contributed by atoms with Crippen molar-refractivity contribution in [2.24, 2.45) is 5.73 Å². The van der Waals surface area contributed by atoms with Gasteiger partial charge in [0.1, 0.15) is 5.75 Å². The number of aryl methyl sites for hydroxylation is 1. The number of nitrogens with one attached hydrogen (secondary N) is 1. The molecule has 1 amide bonds. The number of anilines is 1. The quantitative estimate of drug-likeness (QED) is 0.886. The molecule has 0 aliphatic rings. The van der Waals surface area contributed by atoms with Crippen molar-refractivity contribution in [3.63, 3.8) is 0 Å². The van der Waals surface area contributed by atoms with Crippen LogP contribution < -0.4 is 15.8 Å². The molecule has 4 nitrogen and oxygen atoms in total. The minimum atomic E-state index is -0.599. The van der Waals surface area contributed by atoms with Crippen LogP contribution in [0.15, 0.2) is 48.5 Å². The summed E-state index contributed by atoms with van der Waals surface area (Å²) >= 11 is 0. The molecule has 0 aromatic heterocycles. The van der Waals surface area contributed by atoms with E-state index in [9.17, 15) is 4.79 Å². The monoisotopic (exact) mass is 284 g/mol. The number of benzene rings is 2. The Morgan fingerprint density at radius 1 is 1.24 bits per heavy atom. The zero-order chi connectivity index (χ0) is 15.2. The van der Waals surface area contributed by atoms with Crippen LogP contribution in [-0.4, -0.2) is 19.1 Å². The minimum Gasteiger partial charge on any atom is -0.495 e. The SMILES string of the molecule is COc1ccc(C)cc1NC(=O)C(N)Cc1ccccc1. The lowest BCUT2D eigenvalue weighted by Gasteiger charge is -2.15. The molecule has 0 fully saturated rings. The summed E-state index contributed by atoms with van der Waals surface area (Å²) in [7, 11) is 1.57. The van der Waals surface area contributed by atoms with E-state index in [1.807, 2.05) is 55.5 Å². The first-order valence-corrected chi connectivity index (χ1v) is 6.85. The van der Waals surface area contributed by atoms with Crippen molar-refractivity contribution in [3.05, 3.63) is 59.7 Å². The highest BCUT2D eigenvalue weighted by atomic mass is 16.5. The van der Waals surface area contributed by atoms with Gasteiger partial charge in [-0.25, -0.2) is 0 Å². The molecule has 2 rings (SSSR count). The molecule has 0 aliphatic carbocycles. The van der Waals surface area contributed by atoms with Gasteiger partial charge >= 0.3 is 0 Å². The molecule has 0 bridgehead atoms. The highest BCUT2D eigenvalue weighted by Gasteiger charge is 2.16. The Hall–Kier alpha value is -2.33. The number of carbonyl (C=O) groups is 1. The van der Waals surface area contributed by atoms with Gasteiger partial charge in [-0.05, 0) is 36.6 Å². The van der Waals surface area contributed by atoms with Gasteiger partial charge in [-0.15, -0.1) is 0 Å². The summed E-state index contributed by atoms with van der Waals surface area (Å²) < 4.78 is 5.24. The fourth-order valence-electron chi connectivity index (χ4n) is 2.11. The molecule has 0 aliphatic heterocycles. The molecule has 3 N–H and O–H groups in total. The van der Waals surface area contributed by atoms with E-state index in [4.69, 9.17) is 10.5 Å². The minimum absolute atomic E-state index is 0.220. The topological polar surface area (TPSA) is 64.3 Å². The second kappa shape index (κ2) is 6.90. The molecule has 21 heavy (non-hydrogen) atoms. The Kier molecular flexibility index (Phi) is 4.95. The fraction of sp³-hybridized carbons (Fsp3) is 0.235. The van der Waals surface area contributed by atoms with Crippen molar-refractivity contribution in [2.75, 3.05) is 12.4 Å². The van der Waals surface area contributed by atoms with Crippen LogP contribution in [0, 0.1) is 6.92 Å². The van der Waals surface area contributed by atoms with Crippen molar-refractivity contribution in [1.82, 2.24) is 0 Å². The number of ether oxygens (including phenoxy) is 1. The normalized spacial score (nSPS) is 11.8. The van der Waals surface area contributed by atoms with Gasteiger partial charge in [-0.2, -0.15) is 0 Å². The number of carbonyl (C=O) groups excluding carboxylic acids is 1. The molecule has 4 heteroatoms. The average Bonchev–Trinajstić information content (AvgIpc) is 2.48. The average molecular weight is 284 g/mol. The van der Waals surface area contributed by atoms with E-state index >= 15 is 0 Å². The Labute approximate surface area is 124 Å². The van der Waals surface area contributed by atoms with Gasteiger partial charge in [0.25, 0.3) is 0 Å². The molecule has 110 valence electrons. The molecular formula is C17H20N2O2. The summed E-state index contributed by atoms with van der Waals surface area (Å²) in [4.78, 5) is 12.2. The van der Waals surface area contributed by atoms with Crippen LogP contribution in [0.5, 0.6) is 5.75 Å². The van der Waals surface area contributed by atoms with Gasteiger partial charge in [0.2, 0.25) is 5.91 Å². The molecule has 0 heterocycles. The Bertz CT molecular complexity index is 611. The highest BCUT2D eigenvalue weighted by Crippen LogP contribution is 2.25. The van der Waals surface area contributed by atoms with Crippen molar-refractivity contribution in [2.45, 2.75) is 19.4 Å². The first-order chi connectivity index (χ1) is 10.1. The van der Waals surface area contributed by atoms with E-state index in [1.165, 1.54) is 0 Å². The third kappa shape index (κ3) is 4.07. The highest BCUT2D eigenvalue weighted by molar-refractivity contribution is 5.96. The van der Waals surface area contributed by atoms with Gasteiger partial charge in [-0.1, -0.05) is 36.4 Å². The van der Waals surface area contributed by atoms with E-state index in [0.717, 1.165) is 11.1 Å². The number of hydrogen-bond donors (Lipinski definition) is 2. The number of methoxy groups -OCH3 is 1. The van der Waals surface area contributed by atoms with Crippen LogP contribution in [0.3, 0.4) is 0 Å². The first-order valence-electron chi connectivity index (χ1n) is 6.85. The maximum absolute atomic E-state index is 12.2. The van der Waals surface area contributed by atoms with Crippen LogP contribution in [0.4, 0.5) is 5.69 Å². The molecule has 0 spiro atoms. The predicted molar refractivity (Wildman–Crippen MR) is 84.5 cm³/mol. The molecule has 2 aromatic rings. The molecule has 2 aromatic carbocycles. The summed E-state index contributed by atoms with van der Waals surface area (Å²) in [5.41, 5.74) is 8.70. The summed E-state index contributed by atoms with van der Waals surface area (Å²) in [6.45, 7) is 1.96. The summed E-state index contributed by atoms with van der Waals surface area (Å²) in [5, 5.41) is 2.83. The van der Waals surface area contributed by atoms with Gasteiger partial charge in [0.15, 0.2) is 0 Å². The standard InChI is InChI=1S/C17H20N2O2/c1-12-8-9-16(21-2)15(10-12)19-17(20)14(18)11-13-6-4-3-5-7-13/h3-10,14H,11,18H2,1-2H3,(H,19,20). The summed E-state index contributed by atoms with van der Waals surface area (Å²) in [5.74, 6) is 0.406. The lowest BCUT2D eigenvalue weighted by molar-refractivity contribution is -0.117. The van der Waals surface area contributed by atoms with Crippen LogP contribution in [-0.2, 0) is 11.2 Å². The van der Waals surface area contributed by atoms with E-state index in [-0.39, 0.29) is 5.91 Å². The summed E-state index contributed by atoms with van der Waals surface area (Å²) in [6, 6.07) is 14.7. The van der Waals surface area contributed by atoms with Gasteiger partial charge in [0, 0.05) is 0 Å². The second-order valence-electron chi connectivity index (χ2n) is 4.99. The Morgan fingerprint density at radius 2 is 1.95 bits per heavy atom. The maximum atomic E-state index is 12.2. The Balaban J connectivity index is 2.05. The van der Waals surface area contributed by atoms with Crippen LogP contribution in [0.1, 0.15) is 11.1 Å². The zero-order valence-electron chi connectivity index (χ0n) is 12.3. The maximum Gasteiger partial charge on any atom is 0.241 e. The summed E-state index contributed by atoms with van der Waals surface area (Å²) in [6.07, 6.45) is 0.501. The van der Waals surface area contributed by atoms with E-state index in [0.29, 0.717) is 17.9 Å². The van der Waals surface area contributed by atoms with Crippen LogP contribution >= 0.6 is 0 Å². The largest absolute Gasteiger partial charge is 0.495 e. The molecule has 0 saturated carbocycles. The van der Waals surface area contributed by atoms with E-state index < -0.39 is 6.04 Å². The molecular weight excluding hydrogens is 264 g/mol. The van der Waals surface area contributed by atoms with Crippen molar-refractivity contribution in [3.8, 4) is 5.75 Å². The van der Waals surface area contributed by atoms with Gasteiger partial charge in [-0.3, -0.25) is 4.79 Å². The number of rotatable bonds is 5. The number of amides is 1. The third-order valence-electron chi connectivity index (χ3n) is 3.25. The number of nitrogens with two attached hydrogens (primary N) is 1. The first kappa shape index (κ1) is 15.1. The second-order valence-corrected chi connectivity index (χ2v) is 4.99. The van der Waals surface area contributed by atoms with Crippen LogP contribution in [0.25, 0.3) is 0 Å². The van der Waals surface area contributed by atoms with Crippen molar-refractivity contribution >= 4 is 11.6 Å². The Morgan fingerprint density at radius 3 is 2.62 bits per heavy atom. The van der Waals surface area contributed by atoms with Crippen LogP contribution in [0.2, 0.25) is 0 Å². The molecule has 0 radical (unpaired) electrons. The van der Waals surface area contributed by atoms with E-state index in [2.05, 4.69) is 5.32 Å². The smallest absolute Gasteiger partial charge is 0.241 e.